The number of aromatic nitrogens is 7. The molecule has 0 atom stereocenters. The third-order valence-electron chi connectivity index (χ3n) is 4.73. The second-order valence-corrected chi connectivity index (χ2v) is 6.52. The van der Waals surface area contributed by atoms with Crippen molar-refractivity contribution in [3.8, 4) is 28.5 Å². The number of H-pyrrole nitrogens is 1. The zero-order chi connectivity index (χ0) is 19.6. The normalized spacial score (nSPS) is 11.1. The van der Waals surface area contributed by atoms with Crippen molar-refractivity contribution in [2.75, 3.05) is 7.11 Å². The summed E-state index contributed by atoms with van der Waals surface area (Å²) >= 11 is 0. The van der Waals surface area contributed by atoms with Crippen LogP contribution in [0.2, 0.25) is 0 Å². The van der Waals surface area contributed by atoms with E-state index in [-0.39, 0.29) is 0 Å². The molecule has 0 unspecified atom stereocenters. The fourth-order valence-corrected chi connectivity index (χ4v) is 3.36. The van der Waals surface area contributed by atoms with E-state index in [1.807, 2.05) is 59.2 Å². The molecule has 0 saturated heterocycles. The topological polar surface area (TPSA) is 93.9 Å². The molecule has 0 fully saturated rings. The van der Waals surface area contributed by atoms with Gasteiger partial charge >= 0.3 is 0 Å². The smallest absolute Gasteiger partial charge is 0.222 e. The van der Waals surface area contributed by atoms with Crippen LogP contribution in [0.15, 0.2) is 66.9 Å². The predicted molar refractivity (Wildman–Crippen MR) is 107 cm³/mol. The van der Waals surface area contributed by atoms with Gasteiger partial charge in [0.2, 0.25) is 5.82 Å². The first-order valence-corrected chi connectivity index (χ1v) is 9.12. The van der Waals surface area contributed by atoms with E-state index in [1.165, 1.54) is 0 Å². The third-order valence-corrected chi connectivity index (χ3v) is 4.73. The average molecular weight is 383 g/mol. The molecule has 0 spiro atoms. The van der Waals surface area contributed by atoms with Crippen molar-refractivity contribution in [2.45, 2.75) is 6.42 Å². The Hall–Kier alpha value is -4.07. The summed E-state index contributed by atoms with van der Waals surface area (Å²) in [6.07, 6.45) is 2.50. The number of aromatic amines is 1. The number of hydrogen-bond acceptors (Lipinski definition) is 6. The fourth-order valence-electron chi connectivity index (χ4n) is 3.36. The standard InChI is InChI=1S/C21H17N7O/c1-29-16-10-11-19-17(20(25-28(19)13-16)14-6-3-2-4-7-14)12-15-8-5-9-18(22-15)21-23-26-27-24-21/h2-11,13H,12H2,1H3,(H,23,24,26,27). The highest BCUT2D eigenvalue weighted by Gasteiger charge is 2.16. The number of ether oxygens (including phenoxy) is 1. The largest absolute Gasteiger partial charge is 0.495 e. The zero-order valence-electron chi connectivity index (χ0n) is 15.6. The number of pyridine rings is 2. The number of rotatable bonds is 5. The maximum atomic E-state index is 5.36. The van der Waals surface area contributed by atoms with Crippen molar-refractivity contribution in [1.82, 2.24) is 35.2 Å². The second-order valence-electron chi connectivity index (χ2n) is 6.52. The highest BCUT2D eigenvalue weighted by molar-refractivity contribution is 5.73. The lowest BCUT2D eigenvalue weighted by Crippen LogP contribution is -1.96. The van der Waals surface area contributed by atoms with Gasteiger partial charge in [-0.2, -0.15) is 10.3 Å². The van der Waals surface area contributed by atoms with Gasteiger partial charge < -0.3 is 4.74 Å². The quantitative estimate of drug-likeness (QED) is 0.501. The minimum absolute atomic E-state index is 0.472. The zero-order valence-corrected chi connectivity index (χ0v) is 15.6. The molecule has 29 heavy (non-hydrogen) atoms. The number of tetrazole rings is 1. The number of methoxy groups -OCH3 is 1. The Labute approximate surface area is 166 Å². The van der Waals surface area contributed by atoms with E-state index >= 15 is 0 Å². The molecule has 0 aliphatic carbocycles. The molecule has 0 saturated carbocycles. The molecule has 4 heterocycles. The van der Waals surface area contributed by atoms with Crippen LogP contribution in [-0.4, -0.2) is 42.3 Å². The van der Waals surface area contributed by atoms with E-state index in [2.05, 4.69) is 32.8 Å². The lowest BCUT2D eigenvalue weighted by molar-refractivity contribution is 0.411. The van der Waals surface area contributed by atoms with Gasteiger partial charge in [0, 0.05) is 23.2 Å². The molecule has 0 bridgehead atoms. The molecule has 4 aromatic heterocycles. The van der Waals surface area contributed by atoms with E-state index in [0.29, 0.717) is 17.9 Å². The number of nitrogens with one attached hydrogen (secondary N) is 1. The van der Waals surface area contributed by atoms with E-state index in [0.717, 1.165) is 33.8 Å². The lowest BCUT2D eigenvalue weighted by Gasteiger charge is -2.05. The monoisotopic (exact) mass is 383 g/mol. The van der Waals surface area contributed by atoms with Gasteiger partial charge in [0.05, 0.1) is 24.5 Å². The van der Waals surface area contributed by atoms with Crippen LogP contribution in [0.3, 0.4) is 0 Å². The highest BCUT2D eigenvalue weighted by atomic mass is 16.5. The SMILES string of the molecule is COc1ccc2c(Cc3cccc(-c4nn[nH]n4)n3)c(-c3ccccc3)nn2c1. The Morgan fingerprint density at radius 3 is 2.69 bits per heavy atom. The number of fused-ring (bicyclic) bond motifs is 1. The highest BCUT2D eigenvalue weighted by Crippen LogP contribution is 2.29. The van der Waals surface area contributed by atoms with Crippen LogP contribution in [0.25, 0.3) is 28.3 Å². The first-order chi connectivity index (χ1) is 14.3. The molecule has 1 N–H and O–H groups in total. The summed E-state index contributed by atoms with van der Waals surface area (Å²) in [5.41, 5.74) is 5.66. The Morgan fingerprint density at radius 1 is 1.00 bits per heavy atom. The van der Waals surface area contributed by atoms with Crippen LogP contribution in [0, 0.1) is 0 Å². The van der Waals surface area contributed by atoms with Crippen molar-refractivity contribution in [2.24, 2.45) is 0 Å². The Balaban J connectivity index is 1.63. The summed E-state index contributed by atoms with van der Waals surface area (Å²) in [5, 5.41) is 18.9. The van der Waals surface area contributed by atoms with Gasteiger partial charge in [0.25, 0.3) is 0 Å². The van der Waals surface area contributed by atoms with Crippen LogP contribution in [-0.2, 0) is 6.42 Å². The molecule has 142 valence electrons. The van der Waals surface area contributed by atoms with Gasteiger partial charge in [-0.3, -0.25) is 0 Å². The van der Waals surface area contributed by atoms with Gasteiger partial charge in [-0.15, -0.1) is 10.2 Å². The molecule has 0 aliphatic rings. The minimum Gasteiger partial charge on any atom is -0.495 e. The first kappa shape index (κ1) is 17.1. The molecular weight excluding hydrogens is 366 g/mol. The van der Waals surface area contributed by atoms with Gasteiger partial charge in [0.1, 0.15) is 11.4 Å². The Bertz CT molecular complexity index is 1260. The summed E-state index contributed by atoms with van der Waals surface area (Å²) < 4.78 is 7.22. The summed E-state index contributed by atoms with van der Waals surface area (Å²) in [6, 6.07) is 19.9. The molecule has 5 aromatic rings. The molecule has 0 radical (unpaired) electrons. The van der Waals surface area contributed by atoms with Gasteiger partial charge in [-0.25, -0.2) is 9.50 Å². The average Bonchev–Trinajstić information content (AvgIpc) is 3.43. The van der Waals surface area contributed by atoms with Gasteiger partial charge in [0.15, 0.2) is 0 Å². The van der Waals surface area contributed by atoms with Crippen LogP contribution < -0.4 is 4.74 Å². The minimum atomic E-state index is 0.472. The van der Waals surface area contributed by atoms with Gasteiger partial charge in [-0.1, -0.05) is 36.4 Å². The first-order valence-electron chi connectivity index (χ1n) is 9.12. The van der Waals surface area contributed by atoms with Crippen LogP contribution in [0.5, 0.6) is 5.75 Å². The molecule has 8 nitrogen and oxygen atoms in total. The van der Waals surface area contributed by atoms with Crippen molar-refractivity contribution in [3.05, 3.63) is 78.1 Å². The molecule has 0 aliphatic heterocycles. The van der Waals surface area contributed by atoms with Gasteiger partial charge in [-0.05, 0) is 29.5 Å². The van der Waals surface area contributed by atoms with Crippen LogP contribution in [0.1, 0.15) is 11.3 Å². The van der Waals surface area contributed by atoms with E-state index in [1.54, 1.807) is 7.11 Å². The maximum Gasteiger partial charge on any atom is 0.222 e. The molecule has 1 aromatic carbocycles. The summed E-state index contributed by atoms with van der Waals surface area (Å²) in [7, 11) is 1.65. The third kappa shape index (κ3) is 3.20. The Kier molecular flexibility index (Phi) is 4.21. The summed E-state index contributed by atoms with van der Waals surface area (Å²) in [6.45, 7) is 0. The van der Waals surface area contributed by atoms with Crippen molar-refractivity contribution >= 4 is 5.52 Å². The van der Waals surface area contributed by atoms with E-state index in [4.69, 9.17) is 14.8 Å². The number of benzene rings is 1. The molecule has 5 rings (SSSR count). The van der Waals surface area contributed by atoms with Crippen molar-refractivity contribution < 1.29 is 4.74 Å². The Morgan fingerprint density at radius 2 is 1.90 bits per heavy atom. The fraction of sp³-hybridized carbons (Fsp3) is 0.0952. The molecule has 0 amide bonds. The van der Waals surface area contributed by atoms with E-state index in [9.17, 15) is 0 Å². The van der Waals surface area contributed by atoms with Crippen LogP contribution in [0.4, 0.5) is 0 Å². The van der Waals surface area contributed by atoms with E-state index < -0.39 is 0 Å². The van der Waals surface area contributed by atoms with Crippen molar-refractivity contribution in [1.29, 1.82) is 0 Å². The second kappa shape index (κ2) is 7.16. The number of nitrogens with zero attached hydrogens (tertiary/aromatic N) is 6. The predicted octanol–water partition coefficient (Wildman–Crippen LogP) is 3.18. The van der Waals surface area contributed by atoms with Crippen molar-refractivity contribution in [3.63, 3.8) is 0 Å². The summed E-state index contributed by atoms with van der Waals surface area (Å²) in [5.74, 6) is 1.23. The lowest BCUT2D eigenvalue weighted by atomic mass is 10.0. The summed E-state index contributed by atoms with van der Waals surface area (Å²) in [4.78, 5) is 4.72. The molecule has 8 heteroatoms. The molecular formula is C21H17N7O. The maximum absolute atomic E-state index is 5.36. The number of hydrogen-bond donors (Lipinski definition) is 1. The van der Waals surface area contributed by atoms with Crippen LogP contribution >= 0.6 is 0 Å².